The van der Waals surface area contributed by atoms with Crippen LogP contribution in [0, 0.1) is 6.92 Å². The summed E-state index contributed by atoms with van der Waals surface area (Å²) >= 11 is 0. The van der Waals surface area contributed by atoms with Gasteiger partial charge in [0.1, 0.15) is 11.8 Å². The summed E-state index contributed by atoms with van der Waals surface area (Å²) in [5, 5.41) is 0. The maximum Gasteiger partial charge on any atom is 0.521 e. The van der Waals surface area contributed by atoms with E-state index in [2.05, 4.69) is 0 Å². The first-order chi connectivity index (χ1) is 5.26. The highest BCUT2D eigenvalue weighted by Crippen LogP contribution is 2.21. The average molecular weight is 155 g/mol. The molecule has 0 aliphatic rings. The molecule has 0 bridgehead atoms. The highest BCUT2D eigenvalue weighted by Gasteiger charge is 2.10. The van der Waals surface area contributed by atoms with E-state index in [1.165, 1.54) is 0 Å². The van der Waals surface area contributed by atoms with E-state index in [9.17, 15) is 0 Å². The van der Waals surface area contributed by atoms with Crippen LogP contribution in [0.1, 0.15) is 5.76 Å². The van der Waals surface area contributed by atoms with Crippen LogP contribution in [-0.4, -0.2) is 14.2 Å². The fourth-order valence-corrected chi connectivity index (χ4v) is 0.794. The van der Waals surface area contributed by atoms with Gasteiger partial charge in [-0.3, -0.25) is 4.42 Å². The largest absolute Gasteiger partial charge is 0.521 e. The molecule has 1 aromatic heterocycles. The Labute approximate surface area is 65.6 Å². The molecule has 0 aromatic carbocycles. The lowest BCUT2D eigenvalue weighted by atomic mass is 10.4. The minimum Gasteiger partial charge on any atom is -0.496 e. The van der Waals surface area contributed by atoms with Gasteiger partial charge in [-0.05, 0) is 0 Å². The molecule has 0 unspecified atom stereocenters. The van der Waals surface area contributed by atoms with Crippen LogP contribution in [0.25, 0.3) is 0 Å². The summed E-state index contributed by atoms with van der Waals surface area (Å²) in [5.41, 5.74) is 0. The van der Waals surface area contributed by atoms with Crippen LogP contribution >= 0.6 is 0 Å². The van der Waals surface area contributed by atoms with Crippen LogP contribution < -0.4 is 9.47 Å². The second kappa shape index (κ2) is 3.23. The molecule has 11 heavy (non-hydrogen) atoms. The maximum absolute atomic E-state index is 5.17. The third-order valence-electron chi connectivity index (χ3n) is 1.30. The second-order valence-corrected chi connectivity index (χ2v) is 2.13. The molecule has 0 saturated heterocycles. The van der Waals surface area contributed by atoms with Gasteiger partial charge in [0, 0.05) is 13.0 Å². The topological polar surface area (TPSA) is 29.8 Å². The van der Waals surface area contributed by atoms with Crippen LogP contribution in [0.5, 0.6) is 11.7 Å². The quantitative estimate of drug-likeness (QED) is 0.611. The number of aryl methyl sites for hydroxylation is 1. The lowest BCUT2D eigenvalue weighted by Crippen LogP contribution is -1.87. The second-order valence-electron chi connectivity index (χ2n) is 2.13. The molecular formula is C8H11O3+. The summed E-state index contributed by atoms with van der Waals surface area (Å²) in [6.07, 6.45) is 0. The summed E-state index contributed by atoms with van der Waals surface area (Å²) in [7, 11) is 3.16. The Morgan fingerprint density at radius 3 is 2.45 bits per heavy atom. The van der Waals surface area contributed by atoms with Crippen LogP contribution in [0.3, 0.4) is 0 Å². The fourth-order valence-electron chi connectivity index (χ4n) is 0.794. The summed E-state index contributed by atoms with van der Waals surface area (Å²) in [6.45, 7) is 1.84. The van der Waals surface area contributed by atoms with Crippen molar-refractivity contribution < 1.29 is 13.9 Å². The van der Waals surface area contributed by atoms with Gasteiger partial charge >= 0.3 is 5.95 Å². The summed E-state index contributed by atoms with van der Waals surface area (Å²) < 4.78 is 15.1. The van der Waals surface area contributed by atoms with Crippen molar-refractivity contribution in [2.24, 2.45) is 0 Å². The van der Waals surface area contributed by atoms with E-state index in [4.69, 9.17) is 13.9 Å². The van der Waals surface area contributed by atoms with Crippen LogP contribution in [0.15, 0.2) is 16.5 Å². The monoisotopic (exact) mass is 155 g/mol. The number of methoxy groups -OCH3 is 2. The Morgan fingerprint density at radius 2 is 1.91 bits per heavy atom. The molecule has 0 radical (unpaired) electrons. The van der Waals surface area contributed by atoms with Crippen molar-refractivity contribution in [2.75, 3.05) is 14.2 Å². The fraction of sp³-hybridized carbons (Fsp3) is 0.375. The SMILES string of the molecule is COc1cc(C)[o+]c(OC)c1. The summed E-state index contributed by atoms with van der Waals surface area (Å²) in [5.74, 6) is 1.97. The molecule has 0 spiro atoms. The predicted molar refractivity (Wildman–Crippen MR) is 41.0 cm³/mol. The first-order valence-corrected chi connectivity index (χ1v) is 3.29. The lowest BCUT2D eigenvalue weighted by molar-refractivity contribution is 0.283. The Kier molecular flexibility index (Phi) is 2.31. The van der Waals surface area contributed by atoms with Gasteiger partial charge in [0.05, 0.1) is 7.11 Å². The molecule has 3 nitrogen and oxygen atoms in total. The molecule has 0 saturated carbocycles. The minimum absolute atomic E-state index is 0.460. The molecule has 3 heteroatoms. The molecular weight excluding hydrogens is 144 g/mol. The molecule has 1 heterocycles. The van der Waals surface area contributed by atoms with Gasteiger partial charge in [-0.1, -0.05) is 0 Å². The number of hydrogen-bond acceptors (Lipinski definition) is 2. The van der Waals surface area contributed by atoms with Crippen LogP contribution in [-0.2, 0) is 0 Å². The zero-order chi connectivity index (χ0) is 8.27. The normalized spacial score (nSPS) is 9.36. The van der Waals surface area contributed by atoms with E-state index in [1.807, 2.05) is 6.92 Å². The Morgan fingerprint density at radius 1 is 1.18 bits per heavy atom. The zero-order valence-corrected chi connectivity index (χ0v) is 6.88. The Bertz CT molecular complexity index is 223. The van der Waals surface area contributed by atoms with Gasteiger partial charge in [0.25, 0.3) is 0 Å². The third kappa shape index (κ3) is 1.83. The molecule has 0 amide bonds. The number of ether oxygens (including phenoxy) is 2. The number of hydrogen-bond donors (Lipinski definition) is 0. The van der Waals surface area contributed by atoms with E-state index in [-0.39, 0.29) is 0 Å². The third-order valence-corrected chi connectivity index (χ3v) is 1.30. The first-order valence-electron chi connectivity index (χ1n) is 3.29. The van der Waals surface area contributed by atoms with E-state index in [0.717, 1.165) is 11.5 Å². The highest BCUT2D eigenvalue weighted by molar-refractivity contribution is 5.26. The van der Waals surface area contributed by atoms with Crippen LogP contribution in [0.4, 0.5) is 0 Å². The van der Waals surface area contributed by atoms with Crippen molar-refractivity contribution >= 4 is 0 Å². The van der Waals surface area contributed by atoms with Crippen molar-refractivity contribution in [1.29, 1.82) is 0 Å². The van der Waals surface area contributed by atoms with Crippen LogP contribution in [0.2, 0.25) is 0 Å². The minimum atomic E-state index is 0.460. The zero-order valence-electron chi connectivity index (χ0n) is 6.88. The molecule has 0 atom stereocenters. The van der Waals surface area contributed by atoms with Crippen molar-refractivity contribution in [3.63, 3.8) is 0 Å². The van der Waals surface area contributed by atoms with E-state index < -0.39 is 0 Å². The Balaban J connectivity index is 3.02. The van der Waals surface area contributed by atoms with Gasteiger partial charge < -0.3 is 9.47 Å². The standard InChI is InChI=1S/C8H11O3/c1-6-4-7(9-2)5-8(10-3)11-6/h4-5H,1-3H3/q+1. The smallest absolute Gasteiger partial charge is 0.496 e. The molecule has 0 aliphatic heterocycles. The molecule has 0 N–H and O–H groups in total. The molecule has 60 valence electrons. The Hall–Kier alpha value is -1.25. The van der Waals surface area contributed by atoms with Gasteiger partial charge in [0.2, 0.25) is 5.76 Å². The van der Waals surface area contributed by atoms with Gasteiger partial charge in [0.15, 0.2) is 7.11 Å². The first kappa shape index (κ1) is 7.85. The lowest BCUT2D eigenvalue weighted by Gasteiger charge is -1.95. The van der Waals surface area contributed by atoms with E-state index in [1.54, 1.807) is 26.4 Å². The van der Waals surface area contributed by atoms with Crippen molar-refractivity contribution in [1.82, 2.24) is 0 Å². The molecule has 1 aromatic rings. The van der Waals surface area contributed by atoms with Crippen molar-refractivity contribution in [2.45, 2.75) is 6.92 Å². The summed E-state index contributed by atoms with van der Waals surface area (Å²) in [6, 6.07) is 3.48. The van der Waals surface area contributed by atoms with Gasteiger partial charge in [-0.2, -0.15) is 0 Å². The predicted octanol–water partition coefficient (Wildman–Crippen LogP) is 1.89. The molecule has 1 rings (SSSR count). The number of rotatable bonds is 2. The maximum atomic E-state index is 5.17. The van der Waals surface area contributed by atoms with E-state index in [0.29, 0.717) is 5.95 Å². The molecule has 0 aliphatic carbocycles. The van der Waals surface area contributed by atoms with E-state index >= 15 is 0 Å². The van der Waals surface area contributed by atoms with Gasteiger partial charge in [-0.15, -0.1) is 0 Å². The highest BCUT2D eigenvalue weighted by atomic mass is 16.6. The van der Waals surface area contributed by atoms with Crippen molar-refractivity contribution in [3.8, 4) is 11.7 Å². The molecule has 0 fully saturated rings. The van der Waals surface area contributed by atoms with Gasteiger partial charge in [-0.25, -0.2) is 0 Å². The summed E-state index contributed by atoms with van der Waals surface area (Å²) in [4.78, 5) is 0. The van der Waals surface area contributed by atoms with Crippen molar-refractivity contribution in [3.05, 3.63) is 17.9 Å². The average Bonchev–Trinajstić information content (AvgIpc) is 2.03.